The molecule has 0 aliphatic carbocycles. The van der Waals surface area contributed by atoms with Crippen molar-refractivity contribution >= 4 is 44.6 Å². The first-order chi connectivity index (χ1) is 8.59. The van der Waals surface area contributed by atoms with Gasteiger partial charge in [-0.1, -0.05) is 6.07 Å². The van der Waals surface area contributed by atoms with Crippen LogP contribution in [0.1, 0.15) is 15.2 Å². The van der Waals surface area contributed by atoms with Crippen LogP contribution in [0.15, 0.2) is 34.1 Å². The number of nitrogen functional groups attached to an aromatic ring is 1. The number of nitrogens with two attached hydrogens (primary N) is 1. The zero-order valence-electron chi connectivity index (χ0n) is 9.31. The minimum absolute atomic E-state index is 0.183. The maximum Gasteiger partial charge on any atom is 0.337 e. The van der Waals surface area contributed by atoms with Crippen LogP contribution in [0.25, 0.3) is 0 Å². The first-order valence-electron chi connectivity index (χ1n) is 5.17. The van der Waals surface area contributed by atoms with Gasteiger partial charge in [0.05, 0.1) is 23.5 Å². The van der Waals surface area contributed by atoms with Crippen LogP contribution in [0, 0.1) is 0 Å². The van der Waals surface area contributed by atoms with Crippen molar-refractivity contribution < 1.29 is 9.90 Å². The monoisotopic (exact) mass is 326 g/mol. The molecule has 94 valence electrons. The zero-order valence-corrected chi connectivity index (χ0v) is 11.7. The highest BCUT2D eigenvalue weighted by Gasteiger charge is 2.12. The summed E-state index contributed by atoms with van der Waals surface area (Å²) in [4.78, 5) is 12.2. The summed E-state index contributed by atoms with van der Waals surface area (Å²) in [5.41, 5.74) is 6.88. The lowest BCUT2D eigenvalue weighted by molar-refractivity contribution is 0.0698. The lowest BCUT2D eigenvalue weighted by Crippen LogP contribution is -2.08. The molecular formula is C12H11BrN2O2S. The fourth-order valence-corrected chi connectivity index (χ4v) is 3.00. The molecule has 0 saturated carbocycles. The van der Waals surface area contributed by atoms with E-state index in [4.69, 9.17) is 10.8 Å². The van der Waals surface area contributed by atoms with Crippen LogP contribution in [0.3, 0.4) is 0 Å². The summed E-state index contributed by atoms with van der Waals surface area (Å²) in [5.74, 6) is -0.991. The second-order valence-electron chi connectivity index (χ2n) is 3.62. The number of carbonyl (C=O) groups is 1. The predicted octanol–water partition coefficient (Wildman–Crippen LogP) is 3.40. The largest absolute Gasteiger partial charge is 0.478 e. The van der Waals surface area contributed by atoms with Gasteiger partial charge in [-0.05, 0) is 39.5 Å². The summed E-state index contributed by atoms with van der Waals surface area (Å²) in [6.07, 6.45) is 0. The van der Waals surface area contributed by atoms with Crippen molar-refractivity contribution in [2.75, 3.05) is 11.1 Å². The maximum absolute atomic E-state index is 11.1. The molecule has 2 aromatic rings. The van der Waals surface area contributed by atoms with Gasteiger partial charge in [-0.2, -0.15) is 0 Å². The van der Waals surface area contributed by atoms with Crippen LogP contribution < -0.4 is 11.1 Å². The molecule has 4 nitrogen and oxygen atoms in total. The van der Waals surface area contributed by atoms with Gasteiger partial charge in [0.15, 0.2) is 0 Å². The minimum Gasteiger partial charge on any atom is -0.478 e. The second-order valence-corrected chi connectivity index (χ2v) is 5.48. The number of halogens is 1. The van der Waals surface area contributed by atoms with Crippen molar-refractivity contribution in [2.24, 2.45) is 0 Å². The lowest BCUT2D eigenvalue weighted by atomic mass is 10.1. The third-order valence-electron chi connectivity index (χ3n) is 2.44. The van der Waals surface area contributed by atoms with Gasteiger partial charge in [-0.3, -0.25) is 0 Å². The molecule has 4 N–H and O–H groups in total. The number of rotatable bonds is 4. The number of hydrogen-bond donors (Lipinski definition) is 3. The van der Waals surface area contributed by atoms with E-state index in [1.807, 2.05) is 11.4 Å². The smallest absolute Gasteiger partial charge is 0.337 e. The average Bonchev–Trinajstić information content (AvgIpc) is 2.73. The predicted molar refractivity (Wildman–Crippen MR) is 77.2 cm³/mol. The molecule has 2 rings (SSSR count). The van der Waals surface area contributed by atoms with Crippen molar-refractivity contribution in [3.63, 3.8) is 0 Å². The lowest BCUT2D eigenvalue weighted by Gasteiger charge is -2.11. The third-order valence-corrected chi connectivity index (χ3v) is 4.37. The van der Waals surface area contributed by atoms with Gasteiger partial charge in [-0.25, -0.2) is 4.79 Å². The summed E-state index contributed by atoms with van der Waals surface area (Å²) in [7, 11) is 0. The van der Waals surface area contributed by atoms with E-state index in [0.717, 1.165) is 9.35 Å². The molecule has 0 amide bonds. The van der Waals surface area contributed by atoms with Gasteiger partial charge >= 0.3 is 5.97 Å². The van der Waals surface area contributed by atoms with Gasteiger partial charge < -0.3 is 16.2 Å². The normalized spacial score (nSPS) is 10.3. The zero-order chi connectivity index (χ0) is 13.1. The molecule has 0 fully saturated rings. The van der Waals surface area contributed by atoms with Crippen molar-refractivity contribution in [1.29, 1.82) is 0 Å². The Morgan fingerprint density at radius 1 is 1.44 bits per heavy atom. The molecule has 0 spiro atoms. The van der Waals surface area contributed by atoms with Crippen LogP contribution in [0.5, 0.6) is 0 Å². The number of carboxylic acids is 1. The number of benzene rings is 1. The van der Waals surface area contributed by atoms with Crippen molar-refractivity contribution in [1.82, 2.24) is 0 Å². The highest BCUT2D eigenvalue weighted by atomic mass is 79.9. The van der Waals surface area contributed by atoms with E-state index >= 15 is 0 Å². The topological polar surface area (TPSA) is 75.4 Å². The molecule has 18 heavy (non-hydrogen) atoms. The number of carboxylic acid groups (broad SMARTS) is 1. The van der Waals surface area contributed by atoms with E-state index in [2.05, 4.69) is 21.2 Å². The molecular weight excluding hydrogens is 316 g/mol. The summed E-state index contributed by atoms with van der Waals surface area (Å²) < 4.78 is 1.01. The van der Waals surface area contributed by atoms with E-state index in [-0.39, 0.29) is 5.56 Å². The SMILES string of the molecule is Nc1cccc(C(=O)O)c1NCc1sccc1Br. The summed E-state index contributed by atoms with van der Waals surface area (Å²) in [5, 5.41) is 14.1. The van der Waals surface area contributed by atoms with Crippen LogP contribution >= 0.6 is 27.3 Å². The summed E-state index contributed by atoms with van der Waals surface area (Å²) in [6, 6.07) is 6.79. The highest BCUT2D eigenvalue weighted by Crippen LogP contribution is 2.27. The second kappa shape index (κ2) is 5.41. The van der Waals surface area contributed by atoms with E-state index in [1.165, 1.54) is 6.07 Å². The quantitative estimate of drug-likeness (QED) is 0.752. The molecule has 1 aromatic carbocycles. The summed E-state index contributed by atoms with van der Waals surface area (Å²) >= 11 is 5.02. The Morgan fingerprint density at radius 2 is 2.22 bits per heavy atom. The molecule has 0 atom stereocenters. The molecule has 6 heteroatoms. The van der Waals surface area contributed by atoms with E-state index in [9.17, 15) is 4.79 Å². The maximum atomic E-state index is 11.1. The van der Waals surface area contributed by atoms with Gasteiger partial charge in [0, 0.05) is 9.35 Å². The molecule has 0 aliphatic rings. The van der Waals surface area contributed by atoms with Gasteiger partial charge in [0.2, 0.25) is 0 Å². The fourth-order valence-electron chi connectivity index (χ4n) is 1.57. The third kappa shape index (κ3) is 2.65. The molecule has 0 bridgehead atoms. The Morgan fingerprint density at radius 3 is 2.83 bits per heavy atom. The average molecular weight is 327 g/mol. The number of nitrogens with one attached hydrogen (secondary N) is 1. The number of anilines is 2. The molecule has 1 aromatic heterocycles. The molecule has 0 radical (unpaired) electrons. The van der Waals surface area contributed by atoms with E-state index in [1.54, 1.807) is 23.5 Å². The van der Waals surface area contributed by atoms with Gasteiger partial charge in [0.1, 0.15) is 0 Å². The number of hydrogen-bond acceptors (Lipinski definition) is 4. The van der Waals surface area contributed by atoms with Crippen LogP contribution in [-0.4, -0.2) is 11.1 Å². The Balaban J connectivity index is 2.24. The van der Waals surface area contributed by atoms with Crippen LogP contribution in [-0.2, 0) is 6.54 Å². The Hall–Kier alpha value is -1.53. The van der Waals surface area contributed by atoms with Crippen molar-refractivity contribution in [3.8, 4) is 0 Å². The Labute approximate surface area is 117 Å². The minimum atomic E-state index is -0.991. The van der Waals surface area contributed by atoms with Crippen molar-refractivity contribution in [3.05, 3.63) is 44.6 Å². The van der Waals surface area contributed by atoms with E-state index < -0.39 is 5.97 Å². The Bertz CT molecular complexity index is 583. The number of thiophene rings is 1. The first-order valence-corrected chi connectivity index (χ1v) is 6.84. The molecule has 0 saturated heterocycles. The van der Waals surface area contributed by atoms with Gasteiger partial charge in [0.25, 0.3) is 0 Å². The highest BCUT2D eigenvalue weighted by molar-refractivity contribution is 9.10. The first kappa shape index (κ1) is 12.9. The molecule has 0 aliphatic heterocycles. The number of aromatic carboxylic acids is 1. The Kier molecular flexibility index (Phi) is 3.88. The molecule has 0 unspecified atom stereocenters. The molecule has 1 heterocycles. The van der Waals surface area contributed by atoms with Crippen molar-refractivity contribution in [2.45, 2.75) is 6.54 Å². The number of para-hydroxylation sites is 1. The van der Waals surface area contributed by atoms with Crippen LogP contribution in [0.2, 0.25) is 0 Å². The standard InChI is InChI=1S/C12H11BrN2O2S/c13-8-4-5-18-10(8)6-15-11-7(12(16)17)2-1-3-9(11)14/h1-5,15H,6,14H2,(H,16,17). The van der Waals surface area contributed by atoms with Crippen LogP contribution in [0.4, 0.5) is 11.4 Å². The van der Waals surface area contributed by atoms with E-state index in [0.29, 0.717) is 17.9 Å². The van der Waals surface area contributed by atoms with Gasteiger partial charge in [-0.15, -0.1) is 11.3 Å². The fraction of sp³-hybridized carbons (Fsp3) is 0.0833. The summed E-state index contributed by atoms with van der Waals surface area (Å²) in [6.45, 7) is 0.534.